The van der Waals surface area contributed by atoms with E-state index in [4.69, 9.17) is 9.68 Å². The van der Waals surface area contributed by atoms with Crippen LogP contribution in [0.15, 0.2) is 22.8 Å². The first kappa shape index (κ1) is 15.6. The molecule has 0 spiro atoms. The Morgan fingerprint density at radius 2 is 1.91 bits per heavy atom. The molecule has 2 aromatic rings. The summed E-state index contributed by atoms with van der Waals surface area (Å²) in [6, 6.07) is 6.28. The number of nitrogens with zero attached hydrogens (tertiary/aromatic N) is 3. The van der Waals surface area contributed by atoms with Crippen LogP contribution >= 0.6 is 0 Å². The van der Waals surface area contributed by atoms with Gasteiger partial charge < -0.3 is 9.32 Å². The third-order valence-corrected chi connectivity index (χ3v) is 4.63. The zero-order valence-electron chi connectivity index (χ0n) is 13.6. The predicted octanol–water partition coefficient (Wildman–Crippen LogP) is 2.26. The number of amides is 1. The van der Waals surface area contributed by atoms with Gasteiger partial charge in [0.05, 0.1) is 25.3 Å². The Hall–Kier alpha value is -2.32. The largest absolute Gasteiger partial charge is 0.464 e. The van der Waals surface area contributed by atoms with Gasteiger partial charge in [0.2, 0.25) is 5.91 Å². The summed E-state index contributed by atoms with van der Waals surface area (Å²) < 4.78 is 5.61. The molecule has 0 N–H and O–H groups in total. The molecule has 0 bridgehead atoms. The maximum absolute atomic E-state index is 12.5. The molecule has 0 radical (unpaired) electrons. The fraction of sp³-hybridized carbons (Fsp3) is 0.444. The number of rotatable bonds is 3. The van der Waals surface area contributed by atoms with Crippen molar-refractivity contribution in [1.82, 2.24) is 9.80 Å². The van der Waals surface area contributed by atoms with Gasteiger partial charge in [-0.1, -0.05) is 0 Å². The number of furan rings is 1. The van der Waals surface area contributed by atoms with Gasteiger partial charge in [-0.15, -0.1) is 0 Å². The number of nitriles is 1. The van der Waals surface area contributed by atoms with Gasteiger partial charge in [-0.25, -0.2) is 0 Å². The fourth-order valence-corrected chi connectivity index (χ4v) is 3.00. The molecule has 2 heterocycles. The number of carbonyl (C=O) groups is 1. The van der Waals surface area contributed by atoms with E-state index in [2.05, 4.69) is 30.9 Å². The van der Waals surface area contributed by atoms with E-state index in [0.29, 0.717) is 26.1 Å². The summed E-state index contributed by atoms with van der Waals surface area (Å²) in [4.78, 5) is 16.5. The second-order valence-corrected chi connectivity index (χ2v) is 6.19. The first-order valence-electron chi connectivity index (χ1n) is 7.93. The summed E-state index contributed by atoms with van der Waals surface area (Å²) in [5.41, 5.74) is 4.19. The van der Waals surface area contributed by atoms with Crippen LogP contribution in [0.25, 0.3) is 11.0 Å². The van der Waals surface area contributed by atoms with E-state index in [0.717, 1.165) is 29.6 Å². The second-order valence-electron chi connectivity index (χ2n) is 6.19. The maximum atomic E-state index is 12.5. The van der Waals surface area contributed by atoms with Crippen molar-refractivity contribution in [3.8, 4) is 6.07 Å². The molecule has 1 aromatic heterocycles. The van der Waals surface area contributed by atoms with Crippen molar-refractivity contribution in [2.24, 2.45) is 0 Å². The quantitative estimate of drug-likeness (QED) is 0.816. The monoisotopic (exact) mass is 311 g/mol. The maximum Gasteiger partial charge on any atom is 0.227 e. The van der Waals surface area contributed by atoms with E-state index in [1.54, 1.807) is 6.26 Å². The van der Waals surface area contributed by atoms with Crippen LogP contribution in [-0.4, -0.2) is 48.4 Å². The Kier molecular flexibility index (Phi) is 4.35. The van der Waals surface area contributed by atoms with E-state index < -0.39 is 0 Å². The Morgan fingerprint density at radius 3 is 2.61 bits per heavy atom. The zero-order valence-corrected chi connectivity index (χ0v) is 13.6. The van der Waals surface area contributed by atoms with Gasteiger partial charge in [0.25, 0.3) is 0 Å². The third kappa shape index (κ3) is 3.22. The van der Waals surface area contributed by atoms with E-state index in [9.17, 15) is 4.79 Å². The summed E-state index contributed by atoms with van der Waals surface area (Å²) >= 11 is 0. The molecule has 0 aliphatic carbocycles. The molecule has 23 heavy (non-hydrogen) atoms. The summed E-state index contributed by atoms with van der Waals surface area (Å²) in [5, 5.41) is 9.76. The standard InChI is InChI=1S/C18H21N3O2/c1-13-9-16-15(12-23-17(16)10-14(13)2)11-18(22)21-7-5-20(4-3-19)6-8-21/h9-10,12H,4-8,11H2,1-2H3. The van der Waals surface area contributed by atoms with Crippen LogP contribution < -0.4 is 0 Å². The van der Waals surface area contributed by atoms with Gasteiger partial charge in [0, 0.05) is 37.1 Å². The topological polar surface area (TPSA) is 60.5 Å². The second kappa shape index (κ2) is 6.43. The fourth-order valence-electron chi connectivity index (χ4n) is 3.00. The number of fused-ring (bicyclic) bond motifs is 1. The normalized spacial score (nSPS) is 15.8. The molecule has 1 saturated heterocycles. The lowest BCUT2D eigenvalue weighted by molar-refractivity contribution is -0.132. The van der Waals surface area contributed by atoms with Crippen molar-refractivity contribution >= 4 is 16.9 Å². The minimum Gasteiger partial charge on any atom is -0.464 e. The lowest BCUT2D eigenvalue weighted by Crippen LogP contribution is -2.49. The van der Waals surface area contributed by atoms with E-state index in [1.807, 2.05) is 11.0 Å². The Labute approximate surface area is 136 Å². The Bertz CT molecular complexity index is 764. The summed E-state index contributed by atoms with van der Waals surface area (Å²) in [7, 11) is 0. The van der Waals surface area contributed by atoms with Crippen LogP contribution in [0.2, 0.25) is 0 Å². The first-order valence-corrected chi connectivity index (χ1v) is 7.93. The van der Waals surface area contributed by atoms with Gasteiger partial charge in [0.15, 0.2) is 0 Å². The van der Waals surface area contributed by atoms with E-state index in [1.165, 1.54) is 11.1 Å². The zero-order chi connectivity index (χ0) is 16.4. The van der Waals surface area contributed by atoms with Crippen LogP contribution in [0, 0.1) is 25.2 Å². The molecule has 3 rings (SSSR count). The molecular weight excluding hydrogens is 290 g/mol. The van der Waals surface area contributed by atoms with Crippen LogP contribution in [0.1, 0.15) is 16.7 Å². The summed E-state index contributed by atoms with van der Waals surface area (Å²) in [6.45, 7) is 7.48. The molecule has 1 amide bonds. The first-order chi connectivity index (χ1) is 11.1. The lowest BCUT2D eigenvalue weighted by Gasteiger charge is -2.33. The molecule has 0 atom stereocenters. The van der Waals surface area contributed by atoms with Crippen LogP contribution in [0.5, 0.6) is 0 Å². The minimum absolute atomic E-state index is 0.127. The Balaban J connectivity index is 1.69. The van der Waals surface area contributed by atoms with Gasteiger partial charge in [-0.2, -0.15) is 5.26 Å². The summed E-state index contributed by atoms with van der Waals surface area (Å²) in [6.07, 6.45) is 2.07. The highest BCUT2D eigenvalue weighted by Gasteiger charge is 2.22. The molecule has 5 nitrogen and oxygen atoms in total. The van der Waals surface area contributed by atoms with Crippen molar-refractivity contribution in [3.05, 3.63) is 35.1 Å². The van der Waals surface area contributed by atoms with Crippen LogP contribution in [0.4, 0.5) is 0 Å². The molecule has 0 unspecified atom stereocenters. The number of carbonyl (C=O) groups excluding carboxylic acids is 1. The molecule has 120 valence electrons. The average Bonchev–Trinajstić information content (AvgIpc) is 2.91. The number of aryl methyl sites for hydroxylation is 2. The molecule has 1 aliphatic rings. The Morgan fingerprint density at radius 1 is 1.22 bits per heavy atom. The number of benzene rings is 1. The average molecular weight is 311 g/mol. The highest BCUT2D eigenvalue weighted by Crippen LogP contribution is 2.25. The van der Waals surface area contributed by atoms with E-state index in [-0.39, 0.29) is 5.91 Å². The number of piperazine rings is 1. The molecule has 0 saturated carbocycles. The predicted molar refractivity (Wildman–Crippen MR) is 88.0 cm³/mol. The van der Waals surface area contributed by atoms with Crippen molar-refractivity contribution in [2.45, 2.75) is 20.3 Å². The third-order valence-electron chi connectivity index (χ3n) is 4.63. The van der Waals surface area contributed by atoms with Gasteiger partial charge in [0.1, 0.15) is 5.58 Å². The minimum atomic E-state index is 0.127. The van der Waals surface area contributed by atoms with Crippen LogP contribution in [-0.2, 0) is 11.2 Å². The molecular formula is C18H21N3O2. The van der Waals surface area contributed by atoms with Gasteiger partial charge in [-0.3, -0.25) is 9.69 Å². The molecule has 1 aliphatic heterocycles. The molecule has 5 heteroatoms. The summed E-state index contributed by atoms with van der Waals surface area (Å²) in [5.74, 6) is 0.127. The van der Waals surface area contributed by atoms with Crippen molar-refractivity contribution < 1.29 is 9.21 Å². The molecule has 1 fully saturated rings. The number of hydrogen-bond acceptors (Lipinski definition) is 4. The van der Waals surface area contributed by atoms with Gasteiger partial charge >= 0.3 is 0 Å². The number of hydrogen-bond donors (Lipinski definition) is 0. The van der Waals surface area contributed by atoms with Crippen LogP contribution in [0.3, 0.4) is 0 Å². The van der Waals surface area contributed by atoms with Gasteiger partial charge in [-0.05, 0) is 37.1 Å². The van der Waals surface area contributed by atoms with E-state index >= 15 is 0 Å². The molecule has 1 aromatic carbocycles. The lowest BCUT2D eigenvalue weighted by atomic mass is 10.0. The van der Waals surface area contributed by atoms with Crippen molar-refractivity contribution in [1.29, 1.82) is 5.26 Å². The SMILES string of the molecule is Cc1cc2occ(CC(=O)N3CCN(CC#N)CC3)c2cc1C. The highest BCUT2D eigenvalue weighted by atomic mass is 16.3. The smallest absolute Gasteiger partial charge is 0.227 e. The highest BCUT2D eigenvalue weighted by molar-refractivity contribution is 5.88. The van der Waals surface area contributed by atoms with Crippen molar-refractivity contribution in [3.63, 3.8) is 0 Å². The van der Waals surface area contributed by atoms with Crippen molar-refractivity contribution in [2.75, 3.05) is 32.7 Å².